The molecule has 0 spiro atoms. The number of aromatic nitrogens is 1. The lowest BCUT2D eigenvalue weighted by atomic mass is 9.94. The van der Waals surface area contributed by atoms with Gasteiger partial charge in [-0.25, -0.2) is 4.79 Å². The van der Waals surface area contributed by atoms with Crippen molar-refractivity contribution in [3.8, 4) is 11.1 Å². The monoisotopic (exact) mass is 531 g/mol. The molecule has 0 saturated carbocycles. The van der Waals surface area contributed by atoms with Gasteiger partial charge in [0.15, 0.2) is 0 Å². The normalized spacial score (nSPS) is 13.7. The van der Waals surface area contributed by atoms with Gasteiger partial charge in [-0.15, -0.1) is 0 Å². The van der Waals surface area contributed by atoms with E-state index in [0.717, 1.165) is 53.0 Å². The first-order valence-electron chi connectivity index (χ1n) is 13.4. The third kappa shape index (κ3) is 6.23. The van der Waals surface area contributed by atoms with Crippen LogP contribution < -0.4 is 15.8 Å². The molecule has 0 atom stereocenters. The number of ether oxygens (including phenoxy) is 2. The third-order valence-corrected chi connectivity index (χ3v) is 7.47. The van der Waals surface area contributed by atoms with E-state index in [9.17, 15) is 14.4 Å². The number of amides is 1. The molecule has 8 heteroatoms. The van der Waals surface area contributed by atoms with Crippen molar-refractivity contribution in [2.24, 2.45) is 0 Å². The zero-order valence-corrected chi connectivity index (χ0v) is 23.3. The SMILES string of the molecule is CCN(c1cc(-c2ccc(C(=O)OC)cc2)cc(C(=O)NCc2c(C)cc(C)[nH]c2=O)c1C)C1CCOCC1. The van der Waals surface area contributed by atoms with Crippen molar-refractivity contribution in [2.45, 2.75) is 53.1 Å². The average Bonchev–Trinajstić information content (AvgIpc) is 2.94. The van der Waals surface area contributed by atoms with Crippen LogP contribution in [0.25, 0.3) is 11.1 Å². The van der Waals surface area contributed by atoms with Gasteiger partial charge in [-0.05, 0) is 93.1 Å². The average molecular weight is 532 g/mol. The number of carbonyl (C=O) groups excluding carboxylic acids is 2. The van der Waals surface area contributed by atoms with Crippen molar-refractivity contribution in [2.75, 3.05) is 31.8 Å². The van der Waals surface area contributed by atoms with Crippen molar-refractivity contribution in [1.82, 2.24) is 10.3 Å². The van der Waals surface area contributed by atoms with Crippen LogP contribution in [0.4, 0.5) is 5.69 Å². The Morgan fingerprint density at radius 3 is 2.36 bits per heavy atom. The second-order valence-corrected chi connectivity index (χ2v) is 9.99. The van der Waals surface area contributed by atoms with E-state index in [4.69, 9.17) is 9.47 Å². The molecule has 1 saturated heterocycles. The largest absolute Gasteiger partial charge is 0.465 e. The van der Waals surface area contributed by atoms with Crippen LogP contribution in [0.3, 0.4) is 0 Å². The summed E-state index contributed by atoms with van der Waals surface area (Å²) >= 11 is 0. The maximum Gasteiger partial charge on any atom is 0.337 e. The van der Waals surface area contributed by atoms with E-state index in [1.54, 1.807) is 12.1 Å². The van der Waals surface area contributed by atoms with E-state index in [2.05, 4.69) is 28.2 Å². The lowest BCUT2D eigenvalue weighted by Gasteiger charge is -2.37. The quantitative estimate of drug-likeness (QED) is 0.409. The summed E-state index contributed by atoms with van der Waals surface area (Å²) in [6, 6.07) is 13.4. The highest BCUT2D eigenvalue weighted by Crippen LogP contribution is 2.34. The predicted octanol–water partition coefficient (Wildman–Crippen LogP) is 4.69. The summed E-state index contributed by atoms with van der Waals surface area (Å²) in [6.45, 7) is 10.2. The molecule has 0 bridgehead atoms. The Morgan fingerprint density at radius 1 is 1.05 bits per heavy atom. The summed E-state index contributed by atoms with van der Waals surface area (Å²) in [5, 5.41) is 2.97. The molecule has 1 fully saturated rings. The molecule has 1 aliphatic heterocycles. The molecule has 3 aromatic rings. The number of H-pyrrole nitrogens is 1. The van der Waals surface area contributed by atoms with Gasteiger partial charge in [-0.2, -0.15) is 0 Å². The second-order valence-electron chi connectivity index (χ2n) is 9.99. The fraction of sp³-hybridized carbons (Fsp3) is 0.387. The fourth-order valence-corrected chi connectivity index (χ4v) is 5.30. The molecule has 2 aromatic carbocycles. The molecule has 206 valence electrons. The van der Waals surface area contributed by atoms with E-state index >= 15 is 0 Å². The Balaban J connectivity index is 1.74. The standard InChI is InChI=1S/C31H37N3O5/c1-6-34(25-11-13-39-14-12-25)28-17-24(22-7-9-23(10-8-22)31(37)38-5)16-26(21(28)4)29(35)32-18-27-19(2)15-20(3)33-30(27)36/h7-10,15-17,25H,6,11-14,18H2,1-5H3,(H,32,35)(H,33,36). The lowest BCUT2D eigenvalue weighted by Crippen LogP contribution is -2.40. The molecule has 0 radical (unpaired) electrons. The van der Waals surface area contributed by atoms with Gasteiger partial charge in [-0.3, -0.25) is 9.59 Å². The number of rotatable bonds is 8. The first-order chi connectivity index (χ1) is 18.7. The fourth-order valence-electron chi connectivity index (χ4n) is 5.30. The van der Waals surface area contributed by atoms with Gasteiger partial charge in [-0.1, -0.05) is 12.1 Å². The minimum Gasteiger partial charge on any atom is -0.465 e. The third-order valence-electron chi connectivity index (χ3n) is 7.47. The molecule has 2 N–H and O–H groups in total. The van der Waals surface area contributed by atoms with Crippen molar-refractivity contribution in [3.63, 3.8) is 0 Å². The van der Waals surface area contributed by atoms with Gasteiger partial charge in [0.1, 0.15) is 0 Å². The number of pyridine rings is 1. The smallest absolute Gasteiger partial charge is 0.337 e. The predicted molar refractivity (Wildman–Crippen MR) is 153 cm³/mol. The van der Waals surface area contributed by atoms with Crippen molar-refractivity contribution in [3.05, 3.63) is 86.3 Å². The van der Waals surface area contributed by atoms with Gasteiger partial charge in [0, 0.05) is 54.9 Å². The van der Waals surface area contributed by atoms with E-state index in [0.29, 0.717) is 35.9 Å². The van der Waals surface area contributed by atoms with E-state index < -0.39 is 5.97 Å². The minimum atomic E-state index is -0.399. The maximum atomic E-state index is 13.6. The van der Waals surface area contributed by atoms with E-state index in [-0.39, 0.29) is 18.0 Å². The number of carbonyl (C=O) groups is 2. The number of anilines is 1. The molecule has 1 aliphatic rings. The number of aryl methyl sites for hydroxylation is 2. The van der Waals surface area contributed by atoms with E-state index in [1.807, 2.05) is 45.0 Å². The molecule has 1 aromatic heterocycles. The van der Waals surface area contributed by atoms with Crippen LogP contribution in [-0.2, 0) is 16.0 Å². The van der Waals surface area contributed by atoms with Crippen molar-refractivity contribution < 1.29 is 19.1 Å². The van der Waals surface area contributed by atoms with Crippen molar-refractivity contribution in [1.29, 1.82) is 0 Å². The second kappa shape index (κ2) is 12.3. The Bertz CT molecular complexity index is 1400. The van der Waals surface area contributed by atoms with Gasteiger partial charge in [0.2, 0.25) is 0 Å². The lowest BCUT2D eigenvalue weighted by molar-refractivity contribution is 0.0600. The summed E-state index contributed by atoms with van der Waals surface area (Å²) in [5.74, 6) is -0.645. The molecular formula is C31H37N3O5. The topological polar surface area (TPSA) is 101 Å². The van der Waals surface area contributed by atoms with Crippen LogP contribution in [0.2, 0.25) is 0 Å². The molecule has 1 amide bonds. The van der Waals surface area contributed by atoms with Gasteiger partial charge in [0.05, 0.1) is 12.7 Å². The van der Waals surface area contributed by atoms with Crippen LogP contribution in [-0.4, -0.2) is 49.8 Å². The Hall–Kier alpha value is -3.91. The maximum absolute atomic E-state index is 13.6. The van der Waals surface area contributed by atoms with Gasteiger partial charge in [0.25, 0.3) is 11.5 Å². The number of hydrogen-bond acceptors (Lipinski definition) is 6. The van der Waals surface area contributed by atoms with E-state index in [1.165, 1.54) is 7.11 Å². The first-order valence-corrected chi connectivity index (χ1v) is 13.4. The Morgan fingerprint density at radius 2 is 1.74 bits per heavy atom. The Kier molecular flexibility index (Phi) is 8.86. The highest BCUT2D eigenvalue weighted by atomic mass is 16.5. The number of nitrogens with one attached hydrogen (secondary N) is 2. The highest BCUT2D eigenvalue weighted by molar-refractivity contribution is 5.99. The summed E-state index contributed by atoms with van der Waals surface area (Å²) < 4.78 is 10.4. The molecule has 8 nitrogen and oxygen atoms in total. The van der Waals surface area contributed by atoms with Gasteiger partial charge >= 0.3 is 5.97 Å². The number of esters is 1. The van der Waals surface area contributed by atoms with Crippen LogP contribution >= 0.6 is 0 Å². The highest BCUT2D eigenvalue weighted by Gasteiger charge is 2.25. The number of methoxy groups -OCH3 is 1. The zero-order valence-electron chi connectivity index (χ0n) is 23.3. The number of nitrogens with zero attached hydrogens (tertiary/aromatic N) is 1. The molecule has 39 heavy (non-hydrogen) atoms. The summed E-state index contributed by atoms with van der Waals surface area (Å²) in [4.78, 5) is 43.2. The van der Waals surface area contributed by atoms with Crippen LogP contribution in [0, 0.1) is 20.8 Å². The molecule has 2 heterocycles. The molecular weight excluding hydrogens is 494 g/mol. The minimum absolute atomic E-state index is 0.130. The molecule has 0 unspecified atom stereocenters. The summed E-state index contributed by atoms with van der Waals surface area (Å²) in [6.07, 6.45) is 1.84. The Labute approximate surface area is 229 Å². The first kappa shape index (κ1) is 28.1. The zero-order chi connectivity index (χ0) is 28.1. The number of hydrogen-bond donors (Lipinski definition) is 2. The van der Waals surface area contributed by atoms with Crippen molar-refractivity contribution >= 4 is 17.6 Å². The van der Waals surface area contributed by atoms with Gasteiger partial charge < -0.3 is 24.7 Å². The molecule has 4 rings (SSSR count). The van der Waals surface area contributed by atoms with Crippen LogP contribution in [0.5, 0.6) is 0 Å². The number of aromatic amines is 1. The summed E-state index contributed by atoms with van der Waals surface area (Å²) in [5.41, 5.74) is 6.60. The van der Waals surface area contributed by atoms with Crippen LogP contribution in [0.1, 0.15) is 62.9 Å². The van der Waals surface area contributed by atoms with Crippen LogP contribution in [0.15, 0.2) is 47.3 Å². The summed E-state index contributed by atoms with van der Waals surface area (Å²) in [7, 11) is 1.36. The molecule has 0 aliphatic carbocycles. The number of benzene rings is 2.